The lowest BCUT2D eigenvalue weighted by atomic mass is 10.1. The average Bonchev–Trinajstić information content (AvgIpc) is 2.91. The van der Waals surface area contributed by atoms with Gasteiger partial charge in [-0.15, -0.1) is 0 Å². The van der Waals surface area contributed by atoms with Crippen LogP contribution in [0.2, 0.25) is 0 Å². The molecule has 0 spiro atoms. The van der Waals surface area contributed by atoms with Crippen molar-refractivity contribution >= 4 is 5.82 Å². The van der Waals surface area contributed by atoms with Gasteiger partial charge in [0.1, 0.15) is 5.82 Å². The molecule has 0 atom stereocenters. The Morgan fingerprint density at radius 1 is 1.12 bits per heavy atom. The summed E-state index contributed by atoms with van der Waals surface area (Å²) in [6, 6.07) is 12.0. The van der Waals surface area contributed by atoms with E-state index in [9.17, 15) is 0 Å². The summed E-state index contributed by atoms with van der Waals surface area (Å²) in [6.45, 7) is 4.37. The minimum absolute atomic E-state index is 0.561. The summed E-state index contributed by atoms with van der Waals surface area (Å²) >= 11 is 0. The number of aromatic nitrogens is 3. The van der Waals surface area contributed by atoms with Gasteiger partial charge in [0.15, 0.2) is 11.6 Å². The zero-order valence-corrected chi connectivity index (χ0v) is 14.2. The maximum Gasteiger partial charge on any atom is 0.161 e. The Labute approximate surface area is 146 Å². The fourth-order valence-electron chi connectivity index (χ4n) is 3.08. The van der Waals surface area contributed by atoms with Crippen LogP contribution in [-0.2, 0) is 19.4 Å². The number of hydrogen-bond donors (Lipinski definition) is 2. The first-order valence-electron chi connectivity index (χ1n) is 8.61. The van der Waals surface area contributed by atoms with Crippen LogP contribution >= 0.6 is 0 Å². The molecule has 0 amide bonds. The molecule has 0 saturated heterocycles. The van der Waals surface area contributed by atoms with Crippen molar-refractivity contribution in [1.29, 1.82) is 0 Å². The summed E-state index contributed by atoms with van der Waals surface area (Å²) in [4.78, 5) is 9.64. The Kier molecular flexibility index (Phi) is 4.43. The van der Waals surface area contributed by atoms with E-state index >= 15 is 0 Å². The van der Waals surface area contributed by atoms with Crippen LogP contribution in [0, 0.1) is 6.92 Å². The summed E-state index contributed by atoms with van der Waals surface area (Å²) < 4.78 is 5.30. The Morgan fingerprint density at radius 2 is 1.96 bits per heavy atom. The van der Waals surface area contributed by atoms with E-state index in [0.29, 0.717) is 6.54 Å². The lowest BCUT2D eigenvalue weighted by Gasteiger charge is -2.14. The molecule has 0 unspecified atom stereocenters. The number of fused-ring (bicyclic) bond motifs is 1. The number of rotatable bonds is 4. The zero-order valence-electron chi connectivity index (χ0n) is 14.2. The Hall–Kier alpha value is -2.73. The molecule has 0 aliphatic carbocycles. The van der Waals surface area contributed by atoms with E-state index in [-0.39, 0.29) is 0 Å². The molecule has 1 aromatic carbocycles. The molecule has 4 rings (SSSR count). The smallest absolute Gasteiger partial charge is 0.161 e. The highest BCUT2D eigenvalue weighted by atomic mass is 16.5. The van der Waals surface area contributed by atoms with E-state index in [1.54, 1.807) is 0 Å². The van der Waals surface area contributed by atoms with Crippen molar-refractivity contribution in [3.63, 3.8) is 0 Å². The molecule has 3 heterocycles. The van der Waals surface area contributed by atoms with Crippen LogP contribution in [0.5, 0.6) is 0 Å². The number of hydrogen-bond acceptors (Lipinski definition) is 6. The first-order chi connectivity index (χ1) is 12.3. The van der Waals surface area contributed by atoms with Gasteiger partial charge in [-0.2, -0.15) is 0 Å². The first-order valence-corrected chi connectivity index (χ1v) is 8.61. The Bertz CT molecular complexity index is 860. The molecular weight excluding hydrogens is 314 g/mol. The van der Waals surface area contributed by atoms with Crippen molar-refractivity contribution < 1.29 is 4.52 Å². The molecule has 0 saturated carbocycles. The lowest BCUT2D eigenvalue weighted by Crippen LogP contribution is -2.16. The second-order valence-electron chi connectivity index (χ2n) is 6.23. The summed E-state index contributed by atoms with van der Waals surface area (Å²) in [5.74, 6) is 2.46. The average molecular weight is 335 g/mol. The number of nitrogens with zero attached hydrogens (tertiary/aromatic N) is 3. The SMILES string of the molecule is Cc1cc(CNc2nc(-c3ccccc3)nc3c2CCNCC3)on1. The largest absolute Gasteiger partial charge is 0.362 e. The summed E-state index contributed by atoms with van der Waals surface area (Å²) in [5.41, 5.74) is 4.23. The second kappa shape index (κ2) is 7.03. The van der Waals surface area contributed by atoms with Gasteiger partial charge in [0.2, 0.25) is 0 Å². The third kappa shape index (κ3) is 3.53. The highest BCUT2D eigenvalue weighted by molar-refractivity contribution is 5.60. The molecule has 3 aromatic rings. The van der Waals surface area contributed by atoms with Gasteiger partial charge in [-0.05, 0) is 19.9 Å². The minimum Gasteiger partial charge on any atom is -0.362 e. The van der Waals surface area contributed by atoms with Crippen molar-refractivity contribution in [3.05, 3.63) is 59.1 Å². The maximum absolute atomic E-state index is 5.30. The van der Waals surface area contributed by atoms with Crippen molar-refractivity contribution in [2.45, 2.75) is 26.3 Å². The highest BCUT2D eigenvalue weighted by Gasteiger charge is 2.17. The molecular formula is C19H21N5O. The number of benzene rings is 1. The van der Waals surface area contributed by atoms with Gasteiger partial charge in [-0.25, -0.2) is 9.97 Å². The molecule has 25 heavy (non-hydrogen) atoms. The van der Waals surface area contributed by atoms with Gasteiger partial charge in [-0.3, -0.25) is 0 Å². The van der Waals surface area contributed by atoms with Crippen LogP contribution in [0.4, 0.5) is 5.82 Å². The van der Waals surface area contributed by atoms with Crippen molar-refractivity contribution in [2.24, 2.45) is 0 Å². The fraction of sp³-hybridized carbons (Fsp3) is 0.316. The van der Waals surface area contributed by atoms with Gasteiger partial charge in [-0.1, -0.05) is 35.5 Å². The zero-order chi connectivity index (χ0) is 17.1. The number of aryl methyl sites for hydroxylation is 1. The minimum atomic E-state index is 0.561. The topological polar surface area (TPSA) is 75.9 Å². The molecule has 6 nitrogen and oxygen atoms in total. The standard InChI is InChI=1S/C19H21N5O/c1-13-11-15(25-24-13)12-21-19-16-7-9-20-10-8-17(16)22-18(23-19)14-5-3-2-4-6-14/h2-6,11,20H,7-10,12H2,1H3,(H,21,22,23). The van der Waals surface area contributed by atoms with E-state index < -0.39 is 0 Å². The number of anilines is 1. The lowest BCUT2D eigenvalue weighted by molar-refractivity contribution is 0.384. The predicted molar refractivity (Wildman–Crippen MR) is 96.3 cm³/mol. The van der Waals surface area contributed by atoms with Crippen LogP contribution < -0.4 is 10.6 Å². The van der Waals surface area contributed by atoms with Gasteiger partial charge in [0, 0.05) is 30.2 Å². The van der Waals surface area contributed by atoms with Gasteiger partial charge in [0.05, 0.1) is 17.9 Å². The molecule has 6 heteroatoms. The van der Waals surface area contributed by atoms with Gasteiger partial charge < -0.3 is 15.2 Å². The molecule has 0 bridgehead atoms. The van der Waals surface area contributed by atoms with Crippen LogP contribution in [0.3, 0.4) is 0 Å². The second-order valence-corrected chi connectivity index (χ2v) is 6.23. The highest BCUT2D eigenvalue weighted by Crippen LogP contribution is 2.25. The van der Waals surface area contributed by atoms with Crippen LogP contribution in [-0.4, -0.2) is 28.2 Å². The molecule has 1 aliphatic heterocycles. The maximum atomic E-state index is 5.30. The third-order valence-electron chi connectivity index (χ3n) is 4.32. The van der Waals surface area contributed by atoms with Gasteiger partial charge in [0.25, 0.3) is 0 Å². The fourth-order valence-corrected chi connectivity index (χ4v) is 3.08. The van der Waals surface area contributed by atoms with Crippen molar-refractivity contribution in [1.82, 2.24) is 20.4 Å². The molecule has 2 aromatic heterocycles. The Balaban J connectivity index is 1.69. The van der Waals surface area contributed by atoms with Crippen LogP contribution in [0.25, 0.3) is 11.4 Å². The van der Waals surface area contributed by atoms with E-state index in [1.807, 2.05) is 43.3 Å². The summed E-state index contributed by atoms with van der Waals surface area (Å²) in [5, 5.41) is 10.8. The van der Waals surface area contributed by atoms with Gasteiger partial charge >= 0.3 is 0 Å². The third-order valence-corrected chi connectivity index (χ3v) is 4.32. The molecule has 2 N–H and O–H groups in total. The van der Waals surface area contributed by atoms with E-state index in [1.165, 1.54) is 5.56 Å². The monoisotopic (exact) mass is 335 g/mol. The molecule has 1 aliphatic rings. The van der Waals surface area contributed by atoms with E-state index in [4.69, 9.17) is 14.5 Å². The van der Waals surface area contributed by atoms with Crippen molar-refractivity contribution in [2.75, 3.05) is 18.4 Å². The molecule has 0 fully saturated rings. The van der Waals surface area contributed by atoms with Crippen molar-refractivity contribution in [3.8, 4) is 11.4 Å². The van der Waals surface area contributed by atoms with Crippen LogP contribution in [0.1, 0.15) is 22.7 Å². The predicted octanol–water partition coefficient (Wildman–Crippen LogP) is 2.74. The van der Waals surface area contributed by atoms with E-state index in [0.717, 1.165) is 60.3 Å². The quantitative estimate of drug-likeness (QED) is 0.763. The van der Waals surface area contributed by atoms with E-state index in [2.05, 4.69) is 15.8 Å². The molecule has 128 valence electrons. The Morgan fingerprint density at radius 3 is 2.76 bits per heavy atom. The normalized spacial score (nSPS) is 14.0. The summed E-state index contributed by atoms with van der Waals surface area (Å²) in [6.07, 6.45) is 1.83. The molecule has 0 radical (unpaired) electrons. The summed E-state index contributed by atoms with van der Waals surface area (Å²) in [7, 11) is 0. The first kappa shape index (κ1) is 15.8. The van der Waals surface area contributed by atoms with Crippen LogP contribution in [0.15, 0.2) is 40.9 Å². The number of nitrogens with one attached hydrogen (secondary N) is 2.